The average Bonchev–Trinajstić information content (AvgIpc) is 3.15. The number of rotatable bonds is 5. The third-order valence-corrected chi connectivity index (χ3v) is 5.43. The topological polar surface area (TPSA) is 21.5 Å². The van der Waals surface area contributed by atoms with E-state index in [9.17, 15) is 4.79 Å². The molecule has 0 saturated carbocycles. The van der Waals surface area contributed by atoms with Gasteiger partial charge in [-0.05, 0) is 22.4 Å². The summed E-state index contributed by atoms with van der Waals surface area (Å²) in [6.07, 6.45) is 1.86. The maximum absolute atomic E-state index is 12.6. The monoisotopic (exact) mass is 330 g/mol. The number of fused-ring (bicyclic) bond motifs is 1. The second-order valence-electron chi connectivity index (χ2n) is 7.09. The Balaban J connectivity index is 1.35. The fraction of sp³-hybridized carbons (Fsp3) is 0.261. The predicted octanol–water partition coefficient (Wildman–Crippen LogP) is 3.49. The number of ketones is 1. The van der Waals surface area contributed by atoms with Crippen molar-refractivity contribution in [3.05, 3.63) is 83.9 Å². The van der Waals surface area contributed by atoms with Crippen LogP contribution in [0.2, 0.25) is 0 Å². The van der Waals surface area contributed by atoms with Gasteiger partial charge in [-0.1, -0.05) is 66.7 Å². The Bertz CT molecular complexity index is 871. The van der Waals surface area contributed by atoms with Gasteiger partial charge in [0.05, 0.1) is 26.1 Å². The van der Waals surface area contributed by atoms with Crippen LogP contribution in [0.5, 0.6) is 0 Å². The van der Waals surface area contributed by atoms with Crippen molar-refractivity contribution in [2.45, 2.75) is 18.8 Å². The SMILES string of the molecule is O=C(CC[NH+]1CC[C@H](c2ccccc2)C1)c1ccc2ccccc2c1. The number of quaternary nitrogens is 1. The van der Waals surface area contributed by atoms with E-state index < -0.39 is 0 Å². The summed E-state index contributed by atoms with van der Waals surface area (Å²) in [4.78, 5) is 14.1. The van der Waals surface area contributed by atoms with Crippen molar-refractivity contribution in [3.63, 3.8) is 0 Å². The fourth-order valence-corrected chi connectivity index (χ4v) is 3.97. The highest BCUT2D eigenvalue weighted by molar-refractivity contribution is 5.99. The number of benzene rings is 3. The highest BCUT2D eigenvalue weighted by atomic mass is 16.1. The fourth-order valence-electron chi connectivity index (χ4n) is 3.97. The van der Waals surface area contributed by atoms with E-state index in [1.54, 1.807) is 4.90 Å². The van der Waals surface area contributed by atoms with Gasteiger partial charge in [-0.2, -0.15) is 0 Å². The van der Waals surface area contributed by atoms with Crippen molar-refractivity contribution < 1.29 is 9.69 Å². The van der Waals surface area contributed by atoms with E-state index in [1.165, 1.54) is 23.9 Å². The van der Waals surface area contributed by atoms with Crippen LogP contribution in [0, 0.1) is 0 Å². The summed E-state index contributed by atoms with van der Waals surface area (Å²) in [6, 6.07) is 25.0. The molecule has 0 spiro atoms. The van der Waals surface area contributed by atoms with Crippen LogP contribution in [0.25, 0.3) is 10.8 Å². The summed E-state index contributed by atoms with van der Waals surface area (Å²) in [5, 5.41) is 2.33. The molecule has 2 atom stereocenters. The van der Waals surface area contributed by atoms with Gasteiger partial charge in [0.15, 0.2) is 5.78 Å². The van der Waals surface area contributed by atoms with Gasteiger partial charge in [-0.15, -0.1) is 0 Å². The molecule has 1 N–H and O–H groups in total. The molecule has 1 unspecified atom stereocenters. The van der Waals surface area contributed by atoms with Crippen LogP contribution in [0.3, 0.4) is 0 Å². The molecule has 0 bridgehead atoms. The number of carbonyl (C=O) groups excluding carboxylic acids is 1. The van der Waals surface area contributed by atoms with Crippen molar-refractivity contribution in [1.29, 1.82) is 0 Å². The molecule has 1 heterocycles. The zero-order chi connectivity index (χ0) is 17.1. The lowest BCUT2D eigenvalue weighted by molar-refractivity contribution is -0.887. The van der Waals surface area contributed by atoms with Crippen LogP contribution in [0.4, 0.5) is 0 Å². The van der Waals surface area contributed by atoms with Crippen LogP contribution in [0.1, 0.15) is 34.7 Å². The largest absolute Gasteiger partial charge is 0.334 e. The molecule has 3 aromatic rings. The minimum Gasteiger partial charge on any atom is -0.334 e. The maximum Gasteiger partial charge on any atom is 0.168 e. The molecule has 0 amide bonds. The van der Waals surface area contributed by atoms with Gasteiger partial charge < -0.3 is 4.90 Å². The highest BCUT2D eigenvalue weighted by Crippen LogP contribution is 2.20. The molecule has 1 aliphatic heterocycles. The highest BCUT2D eigenvalue weighted by Gasteiger charge is 2.27. The molecule has 3 aromatic carbocycles. The van der Waals surface area contributed by atoms with Gasteiger partial charge in [0.1, 0.15) is 0 Å². The van der Waals surface area contributed by atoms with Crippen molar-refractivity contribution >= 4 is 16.6 Å². The molecule has 1 fully saturated rings. The quantitative estimate of drug-likeness (QED) is 0.711. The zero-order valence-electron chi connectivity index (χ0n) is 14.4. The molecular formula is C23H24NO+. The number of hydrogen-bond acceptors (Lipinski definition) is 1. The van der Waals surface area contributed by atoms with Crippen LogP contribution in [0.15, 0.2) is 72.8 Å². The molecule has 2 nitrogen and oxygen atoms in total. The molecule has 4 rings (SSSR count). The second kappa shape index (κ2) is 7.20. The van der Waals surface area contributed by atoms with Crippen molar-refractivity contribution in [2.24, 2.45) is 0 Å². The van der Waals surface area contributed by atoms with Gasteiger partial charge in [0.25, 0.3) is 0 Å². The second-order valence-corrected chi connectivity index (χ2v) is 7.09. The first-order valence-electron chi connectivity index (χ1n) is 9.20. The Kier molecular flexibility index (Phi) is 4.62. The maximum atomic E-state index is 12.6. The first-order valence-corrected chi connectivity index (χ1v) is 9.20. The van der Waals surface area contributed by atoms with E-state index in [2.05, 4.69) is 48.5 Å². The number of carbonyl (C=O) groups is 1. The first kappa shape index (κ1) is 16.0. The van der Waals surface area contributed by atoms with Gasteiger partial charge in [0.2, 0.25) is 0 Å². The van der Waals surface area contributed by atoms with Crippen molar-refractivity contribution in [3.8, 4) is 0 Å². The van der Waals surface area contributed by atoms with E-state index in [1.807, 2.05) is 24.3 Å². The summed E-state index contributed by atoms with van der Waals surface area (Å²) < 4.78 is 0. The number of hydrogen-bond donors (Lipinski definition) is 1. The van der Waals surface area contributed by atoms with E-state index in [4.69, 9.17) is 0 Å². The van der Waals surface area contributed by atoms with Gasteiger partial charge in [-0.3, -0.25) is 4.79 Å². The summed E-state index contributed by atoms with van der Waals surface area (Å²) in [7, 11) is 0. The van der Waals surface area contributed by atoms with Crippen LogP contribution < -0.4 is 4.90 Å². The third-order valence-electron chi connectivity index (χ3n) is 5.43. The molecule has 126 valence electrons. The summed E-state index contributed by atoms with van der Waals surface area (Å²) in [6.45, 7) is 3.26. The lowest BCUT2D eigenvalue weighted by Gasteiger charge is -2.13. The van der Waals surface area contributed by atoms with E-state index in [-0.39, 0.29) is 5.78 Å². The lowest BCUT2D eigenvalue weighted by Crippen LogP contribution is -3.10. The number of nitrogens with one attached hydrogen (secondary N) is 1. The molecule has 2 heteroatoms. The van der Waals surface area contributed by atoms with E-state index in [0.29, 0.717) is 12.3 Å². The van der Waals surface area contributed by atoms with Gasteiger partial charge >= 0.3 is 0 Å². The molecular weight excluding hydrogens is 306 g/mol. The number of likely N-dealkylation sites (tertiary alicyclic amines) is 1. The minimum absolute atomic E-state index is 0.265. The molecule has 25 heavy (non-hydrogen) atoms. The van der Waals surface area contributed by atoms with Gasteiger partial charge in [0, 0.05) is 17.9 Å². The minimum atomic E-state index is 0.265. The summed E-state index contributed by atoms with van der Waals surface area (Å²) >= 11 is 0. The molecule has 0 radical (unpaired) electrons. The van der Waals surface area contributed by atoms with E-state index >= 15 is 0 Å². The van der Waals surface area contributed by atoms with Crippen molar-refractivity contribution in [2.75, 3.05) is 19.6 Å². The first-order chi connectivity index (χ1) is 12.3. The average molecular weight is 330 g/mol. The van der Waals surface area contributed by atoms with Crippen molar-refractivity contribution in [1.82, 2.24) is 0 Å². The Morgan fingerprint density at radius 1 is 0.920 bits per heavy atom. The van der Waals surface area contributed by atoms with E-state index in [0.717, 1.165) is 24.0 Å². The Morgan fingerprint density at radius 3 is 2.52 bits per heavy atom. The van der Waals surface area contributed by atoms with Crippen LogP contribution in [-0.2, 0) is 0 Å². The Labute approximate surface area is 149 Å². The number of Topliss-reactive ketones (excluding diaryl/α,β-unsaturated/α-hetero) is 1. The molecule has 0 aromatic heterocycles. The Morgan fingerprint density at radius 2 is 1.68 bits per heavy atom. The molecule has 0 aliphatic carbocycles. The third kappa shape index (κ3) is 3.64. The smallest absolute Gasteiger partial charge is 0.168 e. The summed E-state index contributed by atoms with van der Waals surface area (Å²) in [5.41, 5.74) is 2.29. The standard InChI is InChI=1S/C23H23NO/c25-23(21-11-10-19-8-4-5-9-20(19)16-21)13-15-24-14-12-22(17-24)18-6-2-1-3-7-18/h1-11,16,22H,12-15,17H2/p+1/t22-/m0/s1. The van der Waals surface area contributed by atoms with Crippen LogP contribution in [-0.4, -0.2) is 25.4 Å². The zero-order valence-corrected chi connectivity index (χ0v) is 14.4. The van der Waals surface area contributed by atoms with Gasteiger partial charge in [-0.25, -0.2) is 0 Å². The molecule has 1 aliphatic rings. The predicted molar refractivity (Wildman–Crippen MR) is 102 cm³/mol. The lowest BCUT2D eigenvalue weighted by atomic mass is 9.99. The normalized spacial score (nSPS) is 20.0. The molecule has 1 saturated heterocycles. The Hall–Kier alpha value is -2.45. The summed E-state index contributed by atoms with van der Waals surface area (Å²) in [5.74, 6) is 0.911. The van der Waals surface area contributed by atoms with Crippen LogP contribution >= 0.6 is 0 Å².